The van der Waals surface area contributed by atoms with Crippen LogP contribution in [0.5, 0.6) is 0 Å². The Kier molecular flexibility index (Phi) is 10.4. The van der Waals surface area contributed by atoms with Gasteiger partial charge in [-0.15, -0.1) is 0 Å². The minimum Gasteiger partial charge on any atom is -0.455 e. The van der Waals surface area contributed by atoms with Crippen molar-refractivity contribution in [1.29, 1.82) is 0 Å². The third-order valence-corrected chi connectivity index (χ3v) is 12.5. The number of fused-ring (bicyclic) bond motifs is 3. The molecule has 1 N–H and O–H groups in total. The maximum Gasteiger partial charge on any atom is 0.313 e. The molecule has 3 aromatic carbocycles. The highest BCUT2D eigenvalue weighted by Crippen LogP contribution is 2.60. The van der Waals surface area contributed by atoms with Crippen LogP contribution in [0.25, 0.3) is 10.8 Å². The van der Waals surface area contributed by atoms with Crippen LogP contribution in [0.15, 0.2) is 95.5 Å². The number of ether oxygens (including phenoxy) is 2. The van der Waals surface area contributed by atoms with Gasteiger partial charge in [-0.25, -0.2) is 0 Å². The van der Waals surface area contributed by atoms with Crippen molar-refractivity contribution in [2.45, 2.75) is 76.0 Å². The van der Waals surface area contributed by atoms with Gasteiger partial charge in [-0.3, -0.25) is 19.2 Å². The number of aliphatic hydroxyl groups is 1. The lowest BCUT2D eigenvalue weighted by atomic mass is 9.74. The summed E-state index contributed by atoms with van der Waals surface area (Å²) in [6, 6.07) is 20.5. The molecule has 4 aliphatic heterocycles. The van der Waals surface area contributed by atoms with Gasteiger partial charge in [0.2, 0.25) is 11.8 Å². The van der Waals surface area contributed by atoms with Crippen molar-refractivity contribution in [3.05, 3.63) is 101 Å². The number of aliphatic hydroxyl groups excluding tert-OH is 1. The number of halogens is 1. The van der Waals surface area contributed by atoms with E-state index in [0.717, 1.165) is 10.8 Å². The fourth-order valence-electron chi connectivity index (χ4n) is 8.59. The Hall–Kier alpha value is -4.32. The summed E-state index contributed by atoms with van der Waals surface area (Å²) in [5, 5.41) is 12.8. The fraction of sp³-hybridized carbons (Fsp3) is 0.429. The van der Waals surface area contributed by atoms with Crippen LogP contribution in [0, 0.1) is 17.8 Å². The molecule has 1 spiro atoms. The average Bonchev–Trinajstić information content (AvgIpc) is 3.77. The molecule has 2 fully saturated rings. The van der Waals surface area contributed by atoms with Gasteiger partial charge in [-0.05, 0) is 53.8 Å². The van der Waals surface area contributed by atoms with Crippen LogP contribution in [0.1, 0.15) is 51.7 Å². The standard InChI is InChI=1S/C42H46BrN3O7/c1-5-25(2)32(24-47)46-38-40(50)45(30-20-19-27-14-11-12-17-29(27)22-30)21-13-7-10-18-33(48)44(4)26(3)36(28-15-8-6-9-16-28)52-41(51)34-35(39(46)49)42(38)23-31(43)37(34)53-42/h6-9,11-17,19-20,22-23,25-26,32,34-38,47H,5,10,18,21,24H2,1-4H3/b13-7-/t25-,26+,32-,34-,35+,36-,37-,38-,42+/m0/s1. The second kappa shape index (κ2) is 14.8. The summed E-state index contributed by atoms with van der Waals surface area (Å²) >= 11 is 3.65. The van der Waals surface area contributed by atoms with Crippen molar-refractivity contribution >= 4 is 56.1 Å². The number of nitrogens with zero attached hydrogens (tertiary/aromatic N) is 3. The molecule has 53 heavy (non-hydrogen) atoms. The quantitative estimate of drug-likeness (QED) is 0.243. The van der Waals surface area contributed by atoms with Crippen LogP contribution in [-0.4, -0.2) is 88.6 Å². The first kappa shape index (κ1) is 37.0. The van der Waals surface area contributed by atoms with E-state index in [1.165, 1.54) is 4.90 Å². The zero-order valence-corrected chi connectivity index (χ0v) is 32.0. The van der Waals surface area contributed by atoms with Crippen LogP contribution in [0.3, 0.4) is 0 Å². The predicted octanol–water partition coefficient (Wildman–Crippen LogP) is 5.93. The maximum atomic E-state index is 15.4. The number of hydrogen-bond donors (Lipinski definition) is 1. The Balaban J connectivity index is 1.39. The number of carbonyl (C=O) groups is 4. The number of cyclic esters (lactones) is 1. The zero-order valence-electron chi connectivity index (χ0n) is 30.4. The van der Waals surface area contributed by atoms with Crippen LogP contribution >= 0.6 is 15.9 Å². The van der Waals surface area contributed by atoms with E-state index in [9.17, 15) is 14.7 Å². The van der Waals surface area contributed by atoms with Gasteiger partial charge in [-0.2, -0.15) is 0 Å². The van der Waals surface area contributed by atoms with Gasteiger partial charge in [0.25, 0.3) is 5.91 Å². The van der Waals surface area contributed by atoms with Gasteiger partial charge in [-0.1, -0.05) is 109 Å². The molecular formula is C42H46BrN3O7. The fourth-order valence-corrected chi connectivity index (χ4v) is 9.33. The molecule has 0 saturated carbocycles. The van der Waals surface area contributed by atoms with Crippen LogP contribution in [0.4, 0.5) is 5.69 Å². The molecule has 0 aliphatic carbocycles. The van der Waals surface area contributed by atoms with Crippen LogP contribution < -0.4 is 4.90 Å². The van der Waals surface area contributed by atoms with Gasteiger partial charge in [0.1, 0.15) is 29.8 Å². The molecule has 0 unspecified atom stereocenters. The van der Waals surface area contributed by atoms with E-state index in [1.807, 2.05) is 106 Å². The monoisotopic (exact) mass is 783 g/mol. The van der Waals surface area contributed by atoms with E-state index in [0.29, 0.717) is 28.6 Å². The highest BCUT2D eigenvalue weighted by Gasteiger charge is 2.75. The van der Waals surface area contributed by atoms with E-state index in [2.05, 4.69) is 15.9 Å². The smallest absolute Gasteiger partial charge is 0.313 e. The molecule has 0 radical (unpaired) electrons. The van der Waals surface area contributed by atoms with E-state index in [-0.39, 0.29) is 31.4 Å². The van der Waals surface area contributed by atoms with Gasteiger partial charge in [0, 0.05) is 30.2 Å². The van der Waals surface area contributed by atoms with Crippen molar-refractivity contribution < 1.29 is 33.8 Å². The lowest BCUT2D eigenvalue weighted by Gasteiger charge is -2.40. The summed E-state index contributed by atoms with van der Waals surface area (Å²) in [4.78, 5) is 63.3. The molecule has 7 rings (SSSR count). The van der Waals surface area contributed by atoms with Crippen molar-refractivity contribution in [1.82, 2.24) is 9.80 Å². The first-order valence-corrected chi connectivity index (χ1v) is 19.3. The second-order valence-electron chi connectivity index (χ2n) is 14.7. The van der Waals surface area contributed by atoms with Crippen molar-refractivity contribution in [3.8, 4) is 0 Å². The molecule has 3 amide bonds. The lowest BCUT2D eigenvalue weighted by molar-refractivity contribution is -0.164. The minimum atomic E-state index is -1.52. The lowest BCUT2D eigenvalue weighted by Crippen LogP contribution is -2.59. The van der Waals surface area contributed by atoms with E-state index in [4.69, 9.17) is 9.47 Å². The predicted molar refractivity (Wildman–Crippen MR) is 205 cm³/mol. The number of esters is 1. The first-order valence-electron chi connectivity index (χ1n) is 18.5. The molecule has 2 saturated heterocycles. The second-order valence-corrected chi connectivity index (χ2v) is 15.6. The number of benzene rings is 3. The summed E-state index contributed by atoms with van der Waals surface area (Å²) in [7, 11) is 1.71. The number of carbonyl (C=O) groups excluding carboxylic acids is 4. The number of likely N-dealkylation sites (N-methyl/N-ethyl adjacent to an activating group) is 1. The van der Waals surface area contributed by atoms with Crippen LogP contribution in [0.2, 0.25) is 0 Å². The van der Waals surface area contributed by atoms with Crippen molar-refractivity contribution in [3.63, 3.8) is 0 Å². The van der Waals surface area contributed by atoms with E-state index in [1.54, 1.807) is 22.9 Å². The first-order chi connectivity index (χ1) is 25.5. The Bertz CT molecular complexity index is 1970. The van der Waals surface area contributed by atoms with Gasteiger partial charge < -0.3 is 29.3 Å². The Morgan fingerprint density at radius 2 is 1.66 bits per heavy atom. The topological polar surface area (TPSA) is 117 Å². The average molecular weight is 785 g/mol. The number of rotatable bonds is 6. The molecule has 278 valence electrons. The minimum absolute atomic E-state index is 0.122. The Labute approximate surface area is 318 Å². The summed E-state index contributed by atoms with van der Waals surface area (Å²) in [6.45, 7) is 5.55. The van der Waals surface area contributed by atoms with Gasteiger partial charge in [0.15, 0.2) is 0 Å². The van der Waals surface area contributed by atoms with Crippen molar-refractivity contribution in [2.24, 2.45) is 17.8 Å². The largest absolute Gasteiger partial charge is 0.455 e. The summed E-state index contributed by atoms with van der Waals surface area (Å²) in [5.41, 5.74) is -0.195. The zero-order chi connectivity index (χ0) is 37.6. The summed E-state index contributed by atoms with van der Waals surface area (Å²) in [5.74, 6) is -3.97. The third kappa shape index (κ3) is 6.30. The van der Waals surface area contributed by atoms with Crippen LogP contribution in [-0.2, 0) is 28.7 Å². The van der Waals surface area contributed by atoms with Gasteiger partial charge >= 0.3 is 5.97 Å². The Morgan fingerprint density at radius 1 is 0.943 bits per heavy atom. The molecule has 0 aromatic heterocycles. The number of amides is 3. The van der Waals surface area contributed by atoms with Crippen molar-refractivity contribution in [2.75, 3.05) is 25.1 Å². The highest BCUT2D eigenvalue weighted by molar-refractivity contribution is 9.11. The van der Waals surface area contributed by atoms with E-state index < -0.39 is 65.6 Å². The molecule has 4 aliphatic rings. The third-order valence-electron chi connectivity index (χ3n) is 11.8. The number of allylic oxidation sites excluding steroid dienone is 1. The molecule has 9 atom stereocenters. The molecule has 10 nitrogen and oxygen atoms in total. The molecular weight excluding hydrogens is 738 g/mol. The number of likely N-dealkylation sites (tertiary alicyclic amines) is 1. The molecule has 4 heterocycles. The van der Waals surface area contributed by atoms with Gasteiger partial charge in [0.05, 0.1) is 24.6 Å². The summed E-state index contributed by atoms with van der Waals surface area (Å²) in [6.07, 6.45) is 5.11. The number of anilines is 1. The normalized spacial score (nSPS) is 31.1. The highest BCUT2D eigenvalue weighted by atomic mass is 79.9. The molecule has 3 aromatic rings. The Morgan fingerprint density at radius 3 is 2.38 bits per heavy atom. The number of hydrogen-bond acceptors (Lipinski definition) is 7. The summed E-state index contributed by atoms with van der Waals surface area (Å²) < 4.78 is 13.7. The maximum absolute atomic E-state index is 15.4. The van der Waals surface area contributed by atoms with E-state index >= 15 is 9.59 Å². The molecule has 11 heteroatoms. The molecule has 5 bridgehead atoms. The SMILES string of the molecule is CC[C@H](C)[C@H](CO)N1C(=O)[C@H]2[C@@H]3C(=O)O[C@H](c4ccccc4)[C@@H](C)N(C)C(=O)CC/C=C\CN(c4ccc5ccccc5c4)C(=O)[C@H]1[C@@]21C=C(Br)[C@@H]3O1.